The van der Waals surface area contributed by atoms with Crippen molar-refractivity contribution in [1.82, 2.24) is 9.78 Å². The summed E-state index contributed by atoms with van der Waals surface area (Å²) < 4.78 is 24.7. The van der Waals surface area contributed by atoms with Gasteiger partial charge in [-0.1, -0.05) is 44.5 Å². The van der Waals surface area contributed by atoms with Crippen LogP contribution in [0.3, 0.4) is 0 Å². The highest BCUT2D eigenvalue weighted by molar-refractivity contribution is 7.89. The van der Waals surface area contributed by atoms with Crippen molar-refractivity contribution in [2.45, 2.75) is 25.7 Å². The number of Topliss-reactive ketones (excluding diaryl/α,β-unsaturated/α-hetero) is 1. The van der Waals surface area contributed by atoms with Crippen LogP contribution in [0, 0.1) is 5.41 Å². The summed E-state index contributed by atoms with van der Waals surface area (Å²) in [5.41, 5.74) is 1.81. The summed E-state index contributed by atoms with van der Waals surface area (Å²) in [5, 5.41) is 10.3. The maximum Gasteiger partial charge on any atom is 0.238 e. The van der Waals surface area contributed by atoms with Gasteiger partial charge in [0.15, 0.2) is 5.78 Å². The maximum absolute atomic E-state index is 12.7. The first kappa shape index (κ1) is 20.3. The highest BCUT2D eigenvalue weighted by Crippen LogP contribution is 2.28. The van der Waals surface area contributed by atoms with Crippen molar-refractivity contribution in [1.29, 1.82) is 0 Å². The zero-order chi connectivity index (χ0) is 20.7. The molecule has 0 spiro atoms. The van der Waals surface area contributed by atoms with E-state index < -0.39 is 15.4 Å². The predicted octanol–water partition coefficient (Wildman–Crippen LogP) is 4.07. The highest BCUT2D eigenvalue weighted by atomic mass is 35.5. The lowest BCUT2D eigenvalue weighted by molar-refractivity contribution is 0.0852. The second-order valence-electron chi connectivity index (χ2n) is 7.45. The number of halogens is 1. The third-order valence-corrected chi connectivity index (χ3v) is 5.35. The SMILES string of the molecule is CC(C)(C)C(=O)c1cc(-c2ccc(S(N)(=O)=O)cc2)n(-c2ccc(Cl)cc2)n1. The number of sulfonamides is 1. The van der Waals surface area contributed by atoms with Gasteiger partial charge in [-0.2, -0.15) is 5.10 Å². The van der Waals surface area contributed by atoms with Gasteiger partial charge in [0.2, 0.25) is 10.0 Å². The van der Waals surface area contributed by atoms with E-state index in [-0.39, 0.29) is 10.7 Å². The van der Waals surface area contributed by atoms with Gasteiger partial charge in [0.1, 0.15) is 5.69 Å². The molecule has 0 unspecified atom stereocenters. The van der Waals surface area contributed by atoms with Crippen molar-refractivity contribution in [3.63, 3.8) is 0 Å². The first-order valence-electron chi connectivity index (χ1n) is 8.51. The van der Waals surface area contributed by atoms with Crippen LogP contribution in [0.5, 0.6) is 0 Å². The van der Waals surface area contributed by atoms with Crippen molar-refractivity contribution >= 4 is 27.4 Å². The molecule has 2 N–H and O–H groups in total. The van der Waals surface area contributed by atoms with Crippen molar-refractivity contribution in [2.75, 3.05) is 0 Å². The van der Waals surface area contributed by atoms with Gasteiger partial charge in [-0.25, -0.2) is 18.2 Å². The first-order chi connectivity index (χ1) is 13.0. The Hall–Kier alpha value is -2.48. The number of aromatic nitrogens is 2. The minimum absolute atomic E-state index is 0.0137. The summed E-state index contributed by atoms with van der Waals surface area (Å²) in [6.07, 6.45) is 0. The number of nitrogens with two attached hydrogens (primary N) is 1. The molecular formula is C20H20ClN3O3S. The quantitative estimate of drug-likeness (QED) is 0.647. The van der Waals surface area contributed by atoms with Gasteiger partial charge in [0.05, 0.1) is 16.3 Å². The second-order valence-corrected chi connectivity index (χ2v) is 9.45. The molecule has 3 rings (SSSR count). The van der Waals surface area contributed by atoms with Crippen LogP contribution in [0.15, 0.2) is 59.5 Å². The van der Waals surface area contributed by atoms with Crippen molar-refractivity contribution in [3.8, 4) is 16.9 Å². The Labute approximate surface area is 169 Å². The molecule has 6 nitrogen and oxygen atoms in total. The number of rotatable bonds is 4. The lowest BCUT2D eigenvalue weighted by Gasteiger charge is -2.14. The number of nitrogens with zero attached hydrogens (tertiary/aromatic N) is 2. The molecule has 1 heterocycles. The zero-order valence-electron chi connectivity index (χ0n) is 15.7. The summed E-state index contributed by atoms with van der Waals surface area (Å²) in [6.45, 7) is 5.49. The Bertz CT molecular complexity index is 1130. The summed E-state index contributed by atoms with van der Waals surface area (Å²) in [4.78, 5) is 12.8. The van der Waals surface area contributed by atoms with Crippen molar-refractivity contribution < 1.29 is 13.2 Å². The van der Waals surface area contributed by atoms with Crippen LogP contribution in [0.25, 0.3) is 16.9 Å². The van der Waals surface area contributed by atoms with E-state index in [1.807, 2.05) is 20.8 Å². The average molecular weight is 418 g/mol. The maximum atomic E-state index is 12.7. The van der Waals surface area contributed by atoms with Crippen LogP contribution >= 0.6 is 11.6 Å². The van der Waals surface area contributed by atoms with Crippen LogP contribution in [-0.4, -0.2) is 24.0 Å². The Morgan fingerprint density at radius 3 is 2.11 bits per heavy atom. The molecule has 0 radical (unpaired) electrons. The molecule has 0 bridgehead atoms. The van der Waals surface area contributed by atoms with Gasteiger partial charge in [-0.05, 0) is 42.5 Å². The van der Waals surface area contributed by atoms with Gasteiger partial charge < -0.3 is 0 Å². The summed E-state index contributed by atoms with van der Waals surface area (Å²) >= 11 is 5.98. The first-order valence-corrected chi connectivity index (χ1v) is 10.4. The number of hydrogen-bond acceptors (Lipinski definition) is 4. The molecule has 0 saturated heterocycles. The Balaban J connectivity index is 2.17. The van der Waals surface area contributed by atoms with E-state index in [9.17, 15) is 13.2 Å². The number of hydrogen-bond donors (Lipinski definition) is 1. The fourth-order valence-corrected chi connectivity index (χ4v) is 3.32. The molecule has 3 aromatic rings. The molecule has 28 heavy (non-hydrogen) atoms. The zero-order valence-corrected chi connectivity index (χ0v) is 17.3. The number of ketones is 1. The lowest BCUT2D eigenvalue weighted by atomic mass is 9.89. The number of primary sulfonamides is 1. The van der Waals surface area contributed by atoms with Crippen molar-refractivity contribution in [2.24, 2.45) is 10.6 Å². The van der Waals surface area contributed by atoms with E-state index in [2.05, 4.69) is 5.10 Å². The van der Waals surface area contributed by atoms with Gasteiger partial charge in [-0.15, -0.1) is 0 Å². The fraction of sp³-hybridized carbons (Fsp3) is 0.200. The van der Waals surface area contributed by atoms with E-state index in [0.29, 0.717) is 22.0 Å². The number of benzene rings is 2. The largest absolute Gasteiger partial charge is 0.292 e. The van der Waals surface area contributed by atoms with E-state index in [4.69, 9.17) is 16.7 Å². The highest BCUT2D eigenvalue weighted by Gasteiger charge is 2.27. The molecule has 0 aliphatic heterocycles. The monoisotopic (exact) mass is 417 g/mol. The van der Waals surface area contributed by atoms with Crippen LogP contribution in [-0.2, 0) is 10.0 Å². The third kappa shape index (κ3) is 4.16. The van der Waals surface area contributed by atoms with Crippen LogP contribution in [0.2, 0.25) is 5.02 Å². The Morgan fingerprint density at radius 2 is 1.61 bits per heavy atom. The molecule has 0 aliphatic carbocycles. The van der Waals surface area contributed by atoms with Gasteiger partial charge in [0.25, 0.3) is 0 Å². The molecule has 8 heteroatoms. The molecule has 0 amide bonds. The Kier molecular flexibility index (Phi) is 5.18. The van der Waals surface area contributed by atoms with Gasteiger partial charge >= 0.3 is 0 Å². The standard InChI is InChI=1S/C20H20ClN3O3S/c1-20(2,3)19(25)17-12-18(13-4-10-16(11-5-13)28(22,26)27)24(23-17)15-8-6-14(21)7-9-15/h4-12H,1-3H3,(H2,22,26,27). The van der Waals surface area contributed by atoms with Crippen molar-refractivity contribution in [3.05, 3.63) is 65.3 Å². The normalized spacial score (nSPS) is 12.2. The topological polar surface area (TPSA) is 95.0 Å². The third-order valence-electron chi connectivity index (χ3n) is 4.17. The number of carbonyl (C=O) groups is 1. The molecular weight excluding hydrogens is 398 g/mol. The van der Waals surface area contributed by atoms with Crippen LogP contribution < -0.4 is 5.14 Å². The van der Waals surface area contributed by atoms with E-state index >= 15 is 0 Å². The minimum atomic E-state index is -3.79. The fourth-order valence-electron chi connectivity index (χ4n) is 2.68. The molecule has 2 aromatic carbocycles. The number of carbonyl (C=O) groups excluding carboxylic acids is 1. The van der Waals surface area contributed by atoms with Crippen LogP contribution in [0.4, 0.5) is 0 Å². The molecule has 146 valence electrons. The van der Waals surface area contributed by atoms with E-state index in [1.54, 1.807) is 47.1 Å². The molecule has 0 fully saturated rings. The lowest BCUT2D eigenvalue weighted by Crippen LogP contribution is -2.20. The van der Waals surface area contributed by atoms with E-state index in [0.717, 1.165) is 5.69 Å². The second kappa shape index (κ2) is 7.16. The average Bonchev–Trinajstić information content (AvgIpc) is 3.05. The Morgan fingerprint density at radius 1 is 1.04 bits per heavy atom. The minimum Gasteiger partial charge on any atom is -0.292 e. The molecule has 0 atom stereocenters. The van der Waals surface area contributed by atoms with Gasteiger partial charge in [-0.3, -0.25) is 4.79 Å². The smallest absolute Gasteiger partial charge is 0.238 e. The molecule has 0 saturated carbocycles. The molecule has 1 aromatic heterocycles. The molecule has 0 aliphatic rings. The van der Waals surface area contributed by atoms with E-state index in [1.165, 1.54) is 12.1 Å². The summed E-state index contributed by atoms with van der Waals surface area (Å²) in [5.74, 6) is -0.0948. The summed E-state index contributed by atoms with van der Waals surface area (Å²) in [6, 6.07) is 14.9. The van der Waals surface area contributed by atoms with Gasteiger partial charge in [0, 0.05) is 16.0 Å². The summed E-state index contributed by atoms with van der Waals surface area (Å²) in [7, 11) is -3.79. The predicted molar refractivity (Wildman–Crippen MR) is 109 cm³/mol. The van der Waals surface area contributed by atoms with Crippen LogP contribution in [0.1, 0.15) is 31.3 Å².